The minimum Gasteiger partial charge on any atom is -0.368 e. The number of piperazine rings is 1. The average molecular weight is 505 g/mol. The molecule has 184 valence electrons. The minimum absolute atomic E-state index is 0.0765. The summed E-state index contributed by atoms with van der Waals surface area (Å²) in [7, 11) is -3.51. The van der Waals surface area contributed by atoms with Crippen LogP contribution >= 0.6 is 0 Å². The highest BCUT2D eigenvalue weighted by atomic mass is 32.2. The van der Waals surface area contributed by atoms with Crippen LogP contribution in [0.1, 0.15) is 10.4 Å². The first-order valence-corrected chi connectivity index (χ1v) is 13.4. The lowest BCUT2D eigenvalue weighted by atomic mass is 9.98. The van der Waals surface area contributed by atoms with Crippen LogP contribution in [0.25, 0.3) is 16.8 Å². The van der Waals surface area contributed by atoms with Gasteiger partial charge in [-0.2, -0.15) is 5.10 Å². The molecule has 0 unspecified atom stereocenters. The van der Waals surface area contributed by atoms with Crippen LogP contribution in [0.4, 0.5) is 10.1 Å². The maximum Gasteiger partial charge on any atom is 0.254 e. The second-order valence-electron chi connectivity index (χ2n) is 8.73. The van der Waals surface area contributed by atoms with Gasteiger partial charge in [-0.3, -0.25) is 4.79 Å². The van der Waals surface area contributed by atoms with Gasteiger partial charge in [0.05, 0.1) is 10.6 Å². The van der Waals surface area contributed by atoms with Crippen LogP contribution in [-0.2, 0) is 9.84 Å². The first kappa shape index (κ1) is 23.7. The highest BCUT2D eigenvalue weighted by Gasteiger charge is 2.26. The molecule has 0 saturated carbocycles. The zero-order chi connectivity index (χ0) is 25.3. The Labute approximate surface area is 209 Å². The first-order valence-electron chi connectivity index (χ1n) is 11.5. The van der Waals surface area contributed by atoms with E-state index in [1.165, 1.54) is 24.3 Å². The lowest BCUT2D eigenvalue weighted by Crippen LogP contribution is -2.48. The van der Waals surface area contributed by atoms with E-state index in [1.54, 1.807) is 34.0 Å². The van der Waals surface area contributed by atoms with Crippen molar-refractivity contribution in [2.24, 2.45) is 0 Å². The van der Waals surface area contributed by atoms with Gasteiger partial charge >= 0.3 is 0 Å². The van der Waals surface area contributed by atoms with Gasteiger partial charge in [-0.25, -0.2) is 17.5 Å². The number of aromatic nitrogens is 2. The van der Waals surface area contributed by atoms with E-state index in [2.05, 4.69) is 10.00 Å². The Kier molecular flexibility index (Phi) is 6.32. The Bertz CT molecular complexity index is 1480. The Morgan fingerprint density at radius 2 is 1.56 bits per heavy atom. The average Bonchev–Trinajstić information content (AvgIpc) is 3.43. The molecule has 5 rings (SSSR count). The van der Waals surface area contributed by atoms with Gasteiger partial charge in [0.2, 0.25) is 0 Å². The number of benzene rings is 3. The van der Waals surface area contributed by atoms with Gasteiger partial charge in [0.1, 0.15) is 5.82 Å². The zero-order valence-corrected chi connectivity index (χ0v) is 20.5. The number of anilines is 1. The van der Waals surface area contributed by atoms with Gasteiger partial charge in [-0.1, -0.05) is 18.2 Å². The molecule has 0 spiro atoms. The molecule has 2 heterocycles. The quantitative estimate of drug-likeness (QED) is 0.410. The van der Waals surface area contributed by atoms with Gasteiger partial charge in [0.15, 0.2) is 9.84 Å². The van der Waals surface area contributed by atoms with Crippen molar-refractivity contribution in [1.29, 1.82) is 0 Å². The molecule has 0 radical (unpaired) electrons. The molecule has 9 heteroatoms. The monoisotopic (exact) mass is 504 g/mol. The largest absolute Gasteiger partial charge is 0.368 e. The fraction of sp³-hybridized carbons (Fsp3) is 0.185. The van der Waals surface area contributed by atoms with Crippen molar-refractivity contribution >= 4 is 21.4 Å². The molecule has 1 amide bonds. The van der Waals surface area contributed by atoms with Crippen LogP contribution in [0.2, 0.25) is 0 Å². The molecule has 1 fully saturated rings. The maximum absolute atomic E-state index is 13.6. The van der Waals surface area contributed by atoms with Crippen LogP contribution in [0.5, 0.6) is 0 Å². The number of sulfone groups is 1. The summed E-state index contributed by atoms with van der Waals surface area (Å²) in [4.78, 5) is 17.6. The summed E-state index contributed by atoms with van der Waals surface area (Å²) in [5.74, 6) is -0.623. The van der Waals surface area contributed by atoms with Crippen molar-refractivity contribution in [3.05, 3.63) is 96.6 Å². The summed E-state index contributed by atoms with van der Waals surface area (Å²) >= 11 is 0. The van der Waals surface area contributed by atoms with Crippen LogP contribution in [0.3, 0.4) is 0 Å². The molecule has 7 nitrogen and oxygen atoms in total. The molecule has 0 bridgehead atoms. The van der Waals surface area contributed by atoms with E-state index >= 15 is 0 Å². The molecule has 1 saturated heterocycles. The van der Waals surface area contributed by atoms with Gasteiger partial charge in [-0.05, 0) is 65.7 Å². The number of carbonyl (C=O) groups excluding carboxylic acids is 1. The Morgan fingerprint density at radius 1 is 0.889 bits per heavy atom. The van der Waals surface area contributed by atoms with E-state index < -0.39 is 9.84 Å². The smallest absolute Gasteiger partial charge is 0.254 e. The molecule has 1 aliphatic rings. The third-order valence-corrected chi connectivity index (χ3v) is 7.47. The van der Waals surface area contributed by atoms with Crippen LogP contribution in [-0.4, -0.2) is 61.4 Å². The molecule has 0 atom stereocenters. The van der Waals surface area contributed by atoms with Crippen molar-refractivity contribution in [3.63, 3.8) is 0 Å². The van der Waals surface area contributed by atoms with Crippen molar-refractivity contribution in [3.8, 4) is 16.8 Å². The van der Waals surface area contributed by atoms with Crippen molar-refractivity contribution < 1.29 is 17.6 Å². The number of hydrogen-bond acceptors (Lipinski definition) is 5. The van der Waals surface area contributed by atoms with E-state index in [0.717, 1.165) is 17.6 Å². The molecule has 0 N–H and O–H groups in total. The molecular formula is C27H25FN4O3S. The highest BCUT2D eigenvalue weighted by molar-refractivity contribution is 7.90. The summed E-state index contributed by atoms with van der Waals surface area (Å²) in [5.41, 5.74) is 3.54. The van der Waals surface area contributed by atoms with E-state index in [0.29, 0.717) is 42.9 Å². The van der Waals surface area contributed by atoms with Crippen LogP contribution in [0, 0.1) is 5.82 Å². The molecule has 0 aliphatic carbocycles. The molecule has 4 aromatic rings. The Balaban J connectivity index is 1.36. The van der Waals surface area contributed by atoms with E-state index in [1.807, 2.05) is 36.5 Å². The summed E-state index contributed by atoms with van der Waals surface area (Å²) in [6, 6.07) is 20.3. The Morgan fingerprint density at radius 3 is 2.17 bits per heavy atom. The molecule has 3 aromatic carbocycles. The van der Waals surface area contributed by atoms with Gasteiger partial charge in [0, 0.05) is 56.1 Å². The summed E-state index contributed by atoms with van der Waals surface area (Å²) < 4.78 is 39.7. The molecule has 36 heavy (non-hydrogen) atoms. The lowest BCUT2D eigenvalue weighted by Gasteiger charge is -2.36. The third kappa shape index (κ3) is 4.87. The topological polar surface area (TPSA) is 75.5 Å². The Hall–Kier alpha value is -3.98. The maximum atomic E-state index is 13.6. The van der Waals surface area contributed by atoms with Gasteiger partial charge < -0.3 is 9.80 Å². The second-order valence-corrected chi connectivity index (χ2v) is 10.7. The van der Waals surface area contributed by atoms with Crippen molar-refractivity contribution in [2.75, 3.05) is 37.3 Å². The van der Waals surface area contributed by atoms with Crippen molar-refractivity contribution in [1.82, 2.24) is 14.7 Å². The van der Waals surface area contributed by atoms with E-state index in [4.69, 9.17) is 0 Å². The number of halogens is 1. The fourth-order valence-corrected chi connectivity index (χ4v) is 5.04. The van der Waals surface area contributed by atoms with Gasteiger partial charge in [-0.15, -0.1) is 0 Å². The number of rotatable bonds is 5. The van der Waals surface area contributed by atoms with Crippen LogP contribution < -0.4 is 4.90 Å². The van der Waals surface area contributed by atoms with Gasteiger partial charge in [0.25, 0.3) is 5.91 Å². The lowest BCUT2D eigenvalue weighted by molar-refractivity contribution is 0.0747. The molecule has 1 aromatic heterocycles. The first-order chi connectivity index (χ1) is 17.3. The summed E-state index contributed by atoms with van der Waals surface area (Å²) in [5, 5.41) is 4.24. The SMILES string of the molecule is CS(=O)(=O)c1ccc(-c2ccc(F)cc2)c(C(=O)N2CCN(c3ccc(-n4cccn4)cc3)CC2)c1. The minimum atomic E-state index is -3.51. The second kappa shape index (κ2) is 9.58. The molecule has 1 aliphatic heterocycles. The number of nitrogens with zero attached hydrogens (tertiary/aromatic N) is 4. The normalized spacial score (nSPS) is 14.2. The summed E-state index contributed by atoms with van der Waals surface area (Å²) in [6.45, 7) is 2.27. The highest BCUT2D eigenvalue weighted by Crippen LogP contribution is 2.29. The van der Waals surface area contributed by atoms with E-state index in [9.17, 15) is 17.6 Å². The zero-order valence-electron chi connectivity index (χ0n) is 19.7. The fourth-order valence-electron chi connectivity index (χ4n) is 4.39. The number of amides is 1. The standard InChI is InChI=1S/C27H25FN4O3S/c1-36(34,35)24-11-12-25(20-3-5-21(28)6-4-20)26(19-24)27(33)31-17-15-30(16-18-31)22-7-9-23(10-8-22)32-14-2-13-29-32/h2-14,19H,15-18H2,1H3. The summed E-state index contributed by atoms with van der Waals surface area (Å²) in [6.07, 6.45) is 4.74. The predicted molar refractivity (Wildman–Crippen MR) is 137 cm³/mol. The number of carbonyl (C=O) groups is 1. The number of hydrogen-bond donors (Lipinski definition) is 0. The molecular weight excluding hydrogens is 479 g/mol. The third-order valence-electron chi connectivity index (χ3n) is 6.36. The van der Waals surface area contributed by atoms with Crippen LogP contribution in [0.15, 0.2) is 90.1 Å². The predicted octanol–water partition coefficient (Wildman–Crippen LogP) is 4.04. The van der Waals surface area contributed by atoms with E-state index in [-0.39, 0.29) is 16.6 Å². The van der Waals surface area contributed by atoms with Crippen molar-refractivity contribution in [2.45, 2.75) is 4.90 Å².